The molecule has 132 valence electrons. The predicted octanol–water partition coefficient (Wildman–Crippen LogP) is 0.741. The lowest BCUT2D eigenvalue weighted by atomic mass is 9.83. The number of carboxylic acid groups (broad SMARTS) is 1. The molecule has 0 heterocycles. The van der Waals surface area contributed by atoms with Crippen LogP contribution in [-0.4, -0.2) is 49.1 Å². The number of ether oxygens (including phenoxy) is 1. The molecule has 0 aliphatic heterocycles. The monoisotopic (exact) mass is 359 g/mol. The SMILES string of the molecule is CS(=O)(=O)C1(C(=O)NCC(Oc2ccc(F)cc2)C(=O)O)CCC1. The van der Waals surface area contributed by atoms with E-state index in [-0.39, 0.29) is 18.6 Å². The lowest BCUT2D eigenvalue weighted by Gasteiger charge is -2.38. The van der Waals surface area contributed by atoms with Crippen LogP contribution in [0.25, 0.3) is 0 Å². The Bertz CT molecular complexity index is 727. The van der Waals surface area contributed by atoms with Crippen LogP contribution in [0.1, 0.15) is 19.3 Å². The maximum atomic E-state index is 12.8. The van der Waals surface area contributed by atoms with Crippen molar-refractivity contribution in [1.82, 2.24) is 5.32 Å². The molecule has 0 bridgehead atoms. The number of sulfone groups is 1. The third-order valence-corrected chi connectivity index (χ3v) is 6.11. The summed E-state index contributed by atoms with van der Waals surface area (Å²) in [5.41, 5.74) is 0. The number of halogens is 1. The maximum absolute atomic E-state index is 12.8. The fourth-order valence-electron chi connectivity index (χ4n) is 2.47. The molecule has 1 aliphatic carbocycles. The van der Waals surface area contributed by atoms with Gasteiger partial charge in [0, 0.05) is 6.26 Å². The summed E-state index contributed by atoms with van der Waals surface area (Å²) in [6.07, 6.45) is 0.628. The summed E-state index contributed by atoms with van der Waals surface area (Å²) in [6, 6.07) is 4.74. The summed E-state index contributed by atoms with van der Waals surface area (Å²) in [5.74, 6) is -2.42. The molecule has 24 heavy (non-hydrogen) atoms. The van der Waals surface area contributed by atoms with Crippen molar-refractivity contribution in [2.24, 2.45) is 0 Å². The fourth-order valence-corrected chi connectivity index (χ4v) is 3.91. The molecule has 1 fully saturated rings. The van der Waals surface area contributed by atoms with Crippen LogP contribution in [0.15, 0.2) is 24.3 Å². The Balaban J connectivity index is 2.02. The first-order valence-corrected chi connectivity index (χ1v) is 9.18. The molecule has 2 N–H and O–H groups in total. The minimum atomic E-state index is -3.60. The Morgan fingerprint density at radius 1 is 1.33 bits per heavy atom. The summed E-state index contributed by atoms with van der Waals surface area (Å²) in [6.45, 7) is -0.400. The molecular formula is C15H18FNO6S. The molecule has 0 radical (unpaired) electrons. The lowest BCUT2D eigenvalue weighted by molar-refractivity contribution is -0.145. The van der Waals surface area contributed by atoms with Crippen molar-refractivity contribution in [3.8, 4) is 5.75 Å². The first-order valence-electron chi connectivity index (χ1n) is 7.29. The molecular weight excluding hydrogens is 341 g/mol. The van der Waals surface area contributed by atoms with Crippen molar-refractivity contribution in [3.05, 3.63) is 30.1 Å². The van der Waals surface area contributed by atoms with Gasteiger partial charge in [-0.2, -0.15) is 0 Å². The van der Waals surface area contributed by atoms with Gasteiger partial charge in [-0.1, -0.05) is 0 Å². The number of aliphatic carboxylic acids is 1. The molecule has 7 nitrogen and oxygen atoms in total. The van der Waals surface area contributed by atoms with Crippen LogP contribution in [-0.2, 0) is 19.4 Å². The summed E-state index contributed by atoms with van der Waals surface area (Å²) in [7, 11) is -3.60. The summed E-state index contributed by atoms with van der Waals surface area (Å²) in [5, 5.41) is 11.5. The van der Waals surface area contributed by atoms with Gasteiger partial charge in [-0.3, -0.25) is 4.79 Å². The molecule has 1 aliphatic rings. The van der Waals surface area contributed by atoms with Crippen molar-refractivity contribution in [2.45, 2.75) is 30.1 Å². The Morgan fingerprint density at radius 3 is 2.33 bits per heavy atom. The van der Waals surface area contributed by atoms with Gasteiger partial charge in [-0.05, 0) is 43.5 Å². The number of hydrogen-bond donors (Lipinski definition) is 2. The smallest absolute Gasteiger partial charge is 0.346 e. The van der Waals surface area contributed by atoms with E-state index in [0.717, 1.165) is 18.4 Å². The van der Waals surface area contributed by atoms with Crippen molar-refractivity contribution in [2.75, 3.05) is 12.8 Å². The number of nitrogens with one attached hydrogen (secondary N) is 1. The van der Waals surface area contributed by atoms with E-state index in [9.17, 15) is 22.4 Å². The van der Waals surface area contributed by atoms with Crippen LogP contribution in [0.5, 0.6) is 5.75 Å². The van der Waals surface area contributed by atoms with Crippen molar-refractivity contribution in [3.63, 3.8) is 0 Å². The first-order chi connectivity index (χ1) is 11.2. The van der Waals surface area contributed by atoms with Crippen LogP contribution in [0.4, 0.5) is 4.39 Å². The Hall–Kier alpha value is -2.16. The highest BCUT2D eigenvalue weighted by molar-refractivity contribution is 7.93. The molecule has 9 heteroatoms. The minimum Gasteiger partial charge on any atom is -0.478 e. The molecule has 1 amide bonds. The third kappa shape index (κ3) is 3.66. The van der Waals surface area contributed by atoms with Gasteiger partial charge in [-0.15, -0.1) is 0 Å². The van der Waals surface area contributed by atoms with E-state index in [0.29, 0.717) is 6.42 Å². The molecule has 0 saturated heterocycles. The Kier molecular flexibility index (Phi) is 5.12. The highest BCUT2D eigenvalue weighted by Crippen LogP contribution is 2.39. The Morgan fingerprint density at radius 2 is 1.92 bits per heavy atom. The second-order valence-electron chi connectivity index (χ2n) is 5.73. The van der Waals surface area contributed by atoms with E-state index in [2.05, 4.69) is 5.32 Å². The maximum Gasteiger partial charge on any atom is 0.346 e. The minimum absolute atomic E-state index is 0.125. The van der Waals surface area contributed by atoms with Gasteiger partial charge in [0.15, 0.2) is 9.84 Å². The van der Waals surface area contributed by atoms with Crippen LogP contribution >= 0.6 is 0 Å². The van der Waals surface area contributed by atoms with Crippen LogP contribution < -0.4 is 10.1 Å². The Labute approximate surface area is 138 Å². The number of carbonyl (C=O) groups excluding carboxylic acids is 1. The molecule has 1 aromatic rings. The van der Waals surface area contributed by atoms with Gasteiger partial charge < -0.3 is 15.2 Å². The summed E-state index contributed by atoms with van der Waals surface area (Å²) >= 11 is 0. The van der Waals surface area contributed by atoms with E-state index >= 15 is 0 Å². The normalized spacial score (nSPS) is 17.4. The number of hydrogen-bond acceptors (Lipinski definition) is 5. The zero-order valence-corrected chi connectivity index (χ0v) is 13.8. The number of benzene rings is 1. The molecule has 1 atom stereocenters. The zero-order chi connectivity index (χ0) is 18.0. The van der Waals surface area contributed by atoms with Crippen molar-refractivity contribution >= 4 is 21.7 Å². The third-order valence-electron chi connectivity index (χ3n) is 4.10. The summed E-state index contributed by atoms with van der Waals surface area (Å²) < 4.78 is 40.2. The molecule has 1 saturated carbocycles. The highest BCUT2D eigenvalue weighted by atomic mass is 32.2. The van der Waals surface area contributed by atoms with Gasteiger partial charge in [-0.25, -0.2) is 17.6 Å². The highest BCUT2D eigenvalue weighted by Gasteiger charge is 2.52. The number of carbonyl (C=O) groups is 2. The predicted molar refractivity (Wildman–Crippen MR) is 82.9 cm³/mol. The molecule has 1 aromatic carbocycles. The van der Waals surface area contributed by atoms with E-state index in [1.165, 1.54) is 12.1 Å². The second kappa shape index (κ2) is 6.76. The van der Waals surface area contributed by atoms with Gasteiger partial charge in [0.25, 0.3) is 0 Å². The van der Waals surface area contributed by atoms with E-state index < -0.39 is 44.9 Å². The number of amides is 1. The topological polar surface area (TPSA) is 110 Å². The fraction of sp³-hybridized carbons (Fsp3) is 0.467. The van der Waals surface area contributed by atoms with E-state index in [1.807, 2.05) is 0 Å². The van der Waals surface area contributed by atoms with Gasteiger partial charge in [0.1, 0.15) is 16.3 Å². The number of rotatable bonds is 7. The second-order valence-corrected chi connectivity index (χ2v) is 8.05. The largest absolute Gasteiger partial charge is 0.478 e. The van der Waals surface area contributed by atoms with E-state index in [1.54, 1.807) is 0 Å². The average Bonchev–Trinajstić information content (AvgIpc) is 2.42. The summed E-state index contributed by atoms with van der Waals surface area (Å²) in [4.78, 5) is 23.5. The van der Waals surface area contributed by atoms with Crippen LogP contribution in [0.3, 0.4) is 0 Å². The first kappa shape index (κ1) is 18.2. The van der Waals surface area contributed by atoms with Crippen LogP contribution in [0, 0.1) is 5.82 Å². The molecule has 0 aromatic heterocycles. The van der Waals surface area contributed by atoms with Crippen molar-refractivity contribution in [1.29, 1.82) is 0 Å². The molecule has 0 spiro atoms. The lowest BCUT2D eigenvalue weighted by Crippen LogP contribution is -2.58. The quantitative estimate of drug-likeness (QED) is 0.743. The molecule has 2 rings (SSSR count). The number of carboxylic acids is 1. The van der Waals surface area contributed by atoms with Gasteiger partial charge in [0.05, 0.1) is 6.54 Å². The standard InChI is InChI=1S/C15H18FNO6S/c1-24(21,22)15(7-2-8-15)14(20)17-9-12(13(18)19)23-11-5-3-10(16)4-6-11/h3-6,12H,2,7-9H2,1H3,(H,17,20)(H,18,19). The zero-order valence-electron chi connectivity index (χ0n) is 13.0. The average molecular weight is 359 g/mol. The van der Waals surface area contributed by atoms with Crippen LogP contribution in [0.2, 0.25) is 0 Å². The van der Waals surface area contributed by atoms with Gasteiger partial charge in [0.2, 0.25) is 12.0 Å². The molecule has 1 unspecified atom stereocenters. The van der Waals surface area contributed by atoms with E-state index in [4.69, 9.17) is 9.84 Å². The van der Waals surface area contributed by atoms with Gasteiger partial charge >= 0.3 is 5.97 Å². The van der Waals surface area contributed by atoms with Crippen molar-refractivity contribution < 1.29 is 32.2 Å².